The lowest BCUT2D eigenvalue weighted by Crippen LogP contribution is -2.30. The van der Waals surface area contributed by atoms with Crippen LogP contribution in [0.2, 0.25) is 0 Å². The minimum atomic E-state index is 0.00647. The molecule has 1 saturated heterocycles. The SMILES string of the molecule is CCn1ncc(C(=O)N2CCC(OCc3c(C)noc3C)C2)c1-c1ccccc1. The average molecular weight is 394 g/mol. The summed E-state index contributed by atoms with van der Waals surface area (Å²) in [5.41, 5.74) is 4.36. The van der Waals surface area contributed by atoms with E-state index in [0.29, 0.717) is 31.8 Å². The first-order chi connectivity index (χ1) is 14.1. The predicted octanol–water partition coefficient (Wildman–Crippen LogP) is 3.61. The van der Waals surface area contributed by atoms with E-state index in [1.54, 1.807) is 6.20 Å². The van der Waals surface area contributed by atoms with Gasteiger partial charge in [0.25, 0.3) is 5.91 Å². The maximum absolute atomic E-state index is 13.2. The van der Waals surface area contributed by atoms with Crippen LogP contribution < -0.4 is 0 Å². The molecule has 29 heavy (non-hydrogen) atoms. The molecule has 7 heteroatoms. The van der Waals surface area contributed by atoms with Crippen LogP contribution in [0.4, 0.5) is 0 Å². The van der Waals surface area contributed by atoms with Crippen molar-refractivity contribution in [3.63, 3.8) is 0 Å². The maximum atomic E-state index is 13.2. The molecule has 3 aromatic rings. The Kier molecular flexibility index (Phi) is 5.49. The highest BCUT2D eigenvalue weighted by Crippen LogP contribution is 2.27. The fourth-order valence-electron chi connectivity index (χ4n) is 3.81. The summed E-state index contributed by atoms with van der Waals surface area (Å²) in [6.45, 7) is 8.25. The van der Waals surface area contributed by atoms with Gasteiger partial charge >= 0.3 is 0 Å². The highest BCUT2D eigenvalue weighted by molar-refractivity contribution is 6.00. The Bertz CT molecular complexity index is 973. The fraction of sp³-hybridized carbons (Fsp3) is 0.409. The zero-order valence-electron chi connectivity index (χ0n) is 17.1. The molecule has 1 atom stereocenters. The molecule has 3 heterocycles. The number of ether oxygens (including phenoxy) is 1. The second kappa shape index (κ2) is 8.21. The molecule has 1 unspecified atom stereocenters. The molecule has 0 aliphatic carbocycles. The summed E-state index contributed by atoms with van der Waals surface area (Å²) in [5, 5.41) is 8.40. The lowest BCUT2D eigenvalue weighted by molar-refractivity contribution is 0.0430. The molecule has 1 aliphatic rings. The van der Waals surface area contributed by atoms with E-state index in [4.69, 9.17) is 9.26 Å². The number of amides is 1. The van der Waals surface area contributed by atoms with E-state index >= 15 is 0 Å². The Morgan fingerprint density at radius 2 is 2.07 bits per heavy atom. The van der Waals surface area contributed by atoms with Crippen molar-refractivity contribution in [1.82, 2.24) is 19.8 Å². The van der Waals surface area contributed by atoms with Crippen molar-refractivity contribution >= 4 is 5.91 Å². The van der Waals surface area contributed by atoms with Gasteiger partial charge < -0.3 is 14.2 Å². The second-order valence-corrected chi connectivity index (χ2v) is 7.36. The van der Waals surface area contributed by atoms with Crippen molar-refractivity contribution in [3.05, 3.63) is 59.1 Å². The first kappa shape index (κ1) is 19.4. The van der Waals surface area contributed by atoms with Crippen molar-refractivity contribution in [3.8, 4) is 11.3 Å². The van der Waals surface area contributed by atoms with E-state index in [1.807, 2.05) is 60.7 Å². The van der Waals surface area contributed by atoms with E-state index in [2.05, 4.69) is 10.3 Å². The van der Waals surface area contributed by atoms with Gasteiger partial charge in [0.1, 0.15) is 5.76 Å². The maximum Gasteiger partial charge on any atom is 0.257 e. The van der Waals surface area contributed by atoms with Gasteiger partial charge in [-0.3, -0.25) is 9.48 Å². The summed E-state index contributed by atoms with van der Waals surface area (Å²) in [6, 6.07) is 9.95. The van der Waals surface area contributed by atoms with Crippen LogP contribution >= 0.6 is 0 Å². The Hall–Kier alpha value is -2.93. The summed E-state index contributed by atoms with van der Waals surface area (Å²) in [6.07, 6.45) is 2.51. The highest BCUT2D eigenvalue weighted by Gasteiger charge is 2.30. The van der Waals surface area contributed by atoms with Crippen molar-refractivity contribution in [1.29, 1.82) is 0 Å². The number of aryl methyl sites for hydroxylation is 3. The number of benzene rings is 1. The molecule has 7 nitrogen and oxygen atoms in total. The first-order valence-corrected chi connectivity index (χ1v) is 10.0. The van der Waals surface area contributed by atoms with Gasteiger partial charge in [-0.25, -0.2) is 0 Å². The van der Waals surface area contributed by atoms with E-state index in [-0.39, 0.29) is 12.0 Å². The van der Waals surface area contributed by atoms with Crippen molar-refractivity contribution in [2.24, 2.45) is 0 Å². The van der Waals surface area contributed by atoms with Gasteiger partial charge in [-0.2, -0.15) is 5.10 Å². The molecule has 4 rings (SSSR count). The second-order valence-electron chi connectivity index (χ2n) is 7.36. The van der Waals surface area contributed by atoms with Gasteiger partial charge in [-0.1, -0.05) is 35.5 Å². The van der Waals surface area contributed by atoms with E-state index in [9.17, 15) is 4.79 Å². The van der Waals surface area contributed by atoms with E-state index < -0.39 is 0 Å². The highest BCUT2D eigenvalue weighted by atomic mass is 16.5. The number of hydrogen-bond acceptors (Lipinski definition) is 5. The summed E-state index contributed by atoms with van der Waals surface area (Å²) in [7, 11) is 0. The topological polar surface area (TPSA) is 73.4 Å². The Balaban J connectivity index is 1.47. The van der Waals surface area contributed by atoms with Gasteiger partial charge in [-0.05, 0) is 27.2 Å². The Labute approximate surface area is 170 Å². The van der Waals surface area contributed by atoms with Crippen LogP contribution in [-0.2, 0) is 17.9 Å². The summed E-state index contributed by atoms with van der Waals surface area (Å²) >= 11 is 0. The molecule has 0 spiro atoms. The van der Waals surface area contributed by atoms with Crippen LogP contribution in [-0.4, -0.2) is 44.9 Å². The number of carbonyl (C=O) groups excluding carboxylic acids is 1. The molecule has 2 aromatic heterocycles. The van der Waals surface area contributed by atoms with Crippen LogP contribution in [0.3, 0.4) is 0 Å². The lowest BCUT2D eigenvalue weighted by atomic mass is 10.1. The lowest BCUT2D eigenvalue weighted by Gasteiger charge is -2.17. The van der Waals surface area contributed by atoms with Gasteiger partial charge in [0.05, 0.1) is 35.9 Å². The standard InChI is InChI=1S/C22H26N4O3/c1-4-26-21(17-8-6-5-7-9-17)19(12-23-26)22(27)25-11-10-18(13-25)28-14-20-15(2)24-29-16(20)3/h5-9,12,18H,4,10-11,13-14H2,1-3H3. The molecule has 1 amide bonds. The van der Waals surface area contributed by atoms with Crippen LogP contribution in [0.25, 0.3) is 11.3 Å². The summed E-state index contributed by atoms with van der Waals surface area (Å²) in [5.74, 6) is 0.792. The molecule has 0 saturated carbocycles. The molecule has 1 fully saturated rings. The fourth-order valence-corrected chi connectivity index (χ4v) is 3.81. The molecule has 1 aromatic carbocycles. The first-order valence-electron chi connectivity index (χ1n) is 10.0. The smallest absolute Gasteiger partial charge is 0.257 e. The molecular weight excluding hydrogens is 368 g/mol. The number of nitrogens with zero attached hydrogens (tertiary/aromatic N) is 4. The van der Waals surface area contributed by atoms with Crippen molar-refractivity contribution in [2.75, 3.05) is 13.1 Å². The average Bonchev–Trinajstić information content (AvgIpc) is 3.46. The Morgan fingerprint density at radius 1 is 1.28 bits per heavy atom. The van der Waals surface area contributed by atoms with E-state index in [0.717, 1.165) is 34.7 Å². The number of carbonyl (C=O) groups is 1. The zero-order valence-corrected chi connectivity index (χ0v) is 17.1. The van der Waals surface area contributed by atoms with Crippen LogP contribution in [0, 0.1) is 13.8 Å². The third-order valence-electron chi connectivity index (χ3n) is 5.49. The summed E-state index contributed by atoms with van der Waals surface area (Å²) in [4.78, 5) is 15.1. The third kappa shape index (κ3) is 3.82. The normalized spacial score (nSPS) is 16.5. The number of rotatable bonds is 6. The van der Waals surface area contributed by atoms with Gasteiger partial charge in [0.15, 0.2) is 0 Å². The van der Waals surface area contributed by atoms with Crippen LogP contribution in [0.15, 0.2) is 41.1 Å². The number of likely N-dealkylation sites (tertiary alicyclic amines) is 1. The van der Waals surface area contributed by atoms with Gasteiger partial charge in [-0.15, -0.1) is 0 Å². The Morgan fingerprint density at radius 3 is 2.76 bits per heavy atom. The molecule has 152 valence electrons. The van der Waals surface area contributed by atoms with Crippen LogP contribution in [0.5, 0.6) is 0 Å². The quantitative estimate of drug-likeness (QED) is 0.639. The molecular formula is C22H26N4O3. The molecule has 0 radical (unpaired) electrons. The minimum absolute atomic E-state index is 0.00647. The minimum Gasteiger partial charge on any atom is -0.371 e. The zero-order chi connectivity index (χ0) is 20.4. The summed E-state index contributed by atoms with van der Waals surface area (Å²) < 4.78 is 13.1. The van der Waals surface area contributed by atoms with E-state index in [1.165, 1.54) is 0 Å². The largest absolute Gasteiger partial charge is 0.371 e. The predicted molar refractivity (Wildman–Crippen MR) is 108 cm³/mol. The number of aromatic nitrogens is 3. The van der Waals surface area contributed by atoms with Gasteiger partial charge in [0.2, 0.25) is 0 Å². The van der Waals surface area contributed by atoms with Gasteiger partial charge in [0, 0.05) is 30.8 Å². The molecule has 0 bridgehead atoms. The third-order valence-corrected chi connectivity index (χ3v) is 5.49. The van der Waals surface area contributed by atoms with Crippen LogP contribution in [0.1, 0.15) is 40.7 Å². The molecule has 1 aliphatic heterocycles. The number of hydrogen-bond donors (Lipinski definition) is 0. The van der Waals surface area contributed by atoms with Crippen molar-refractivity contribution in [2.45, 2.75) is 46.4 Å². The van der Waals surface area contributed by atoms with Crippen molar-refractivity contribution < 1.29 is 14.1 Å². The monoisotopic (exact) mass is 394 g/mol. The molecule has 0 N–H and O–H groups in total.